The largest absolute Gasteiger partial charge is 0.392 e. The lowest BCUT2D eigenvalue weighted by molar-refractivity contribution is -0.320. The fourth-order valence-corrected chi connectivity index (χ4v) is 1.03. The van der Waals surface area contributed by atoms with Gasteiger partial charge >= 0.3 is 29.7 Å². The Labute approximate surface area is 84.4 Å². The van der Waals surface area contributed by atoms with Crippen LogP contribution in [0.4, 0.5) is 26.3 Å². The summed E-state index contributed by atoms with van der Waals surface area (Å²) in [5, 5.41) is 0. The molecule has 0 aliphatic carbocycles. The molecule has 0 N–H and O–H groups in total. The lowest BCUT2D eigenvalue weighted by atomic mass is 9.90. The number of halogens is 6. The molecule has 0 amide bonds. The molecule has 0 aromatic heterocycles. The molecule has 1 heterocycles. The molecular formula is C7H4F6O3. The molecule has 0 aromatic rings. The van der Waals surface area contributed by atoms with Crippen molar-refractivity contribution < 1.29 is 40.7 Å². The van der Waals surface area contributed by atoms with Gasteiger partial charge in [0, 0.05) is 6.92 Å². The van der Waals surface area contributed by atoms with Crippen LogP contribution in [0.15, 0.2) is 0 Å². The molecule has 0 unspecified atom stereocenters. The summed E-state index contributed by atoms with van der Waals surface area (Å²) in [6, 6.07) is 0. The third-order valence-corrected chi connectivity index (χ3v) is 2.01. The van der Waals surface area contributed by atoms with Crippen molar-refractivity contribution in [1.29, 1.82) is 0 Å². The Balaban J connectivity index is 3.11. The van der Waals surface area contributed by atoms with Crippen molar-refractivity contribution >= 4 is 11.9 Å². The van der Waals surface area contributed by atoms with Crippen LogP contribution in [0.25, 0.3) is 0 Å². The number of carbonyl (C=O) groups is 2. The lowest BCUT2D eigenvalue weighted by Gasteiger charge is -2.36. The van der Waals surface area contributed by atoms with Gasteiger partial charge in [-0.25, -0.2) is 0 Å². The van der Waals surface area contributed by atoms with Crippen LogP contribution in [-0.4, -0.2) is 29.7 Å². The number of ether oxygens (including phenoxy) is 1. The second-order valence-corrected chi connectivity index (χ2v) is 3.26. The quantitative estimate of drug-likeness (QED) is 0.434. The average molecular weight is 250 g/mol. The van der Waals surface area contributed by atoms with Crippen molar-refractivity contribution in [2.45, 2.75) is 24.7 Å². The highest BCUT2D eigenvalue weighted by Gasteiger charge is 2.77. The maximum atomic E-state index is 12.9. The van der Waals surface area contributed by atoms with Crippen molar-refractivity contribution in [2.75, 3.05) is 0 Å². The first-order valence-electron chi connectivity index (χ1n) is 3.82. The van der Waals surface area contributed by atoms with Crippen molar-refractivity contribution in [3.05, 3.63) is 0 Å². The number of hydrogen-bond acceptors (Lipinski definition) is 3. The Morgan fingerprint density at radius 3 is 1.62 bits per heavy atom. The minimum Gasteiger partial charge on any atom is -0.392 e. The van der Waals surface area contributed by atoms with Crippen LogP contribution in [0.2, 0.25) is 0 Å². The summed E-state index contributed by atoms with van der Waals surface area (Å²) in [5.74, 6) is -23.4. The summed E-state index contributed by atoms with van der Waals surface area (Å²) >= 11 is 0. The van der Waals surface area contributed by atoms with Crippen molar-refractivity contribution in [3.8, 4) is 0 Å². The van der Waals surface area contributed by atoms with E-state index >= 15 is 0 Å². The summed E-state index contributed by atoms with van der Waals surface area (Å²) in [6.07, 6.45) is 0. The van der Waals surface area contributed by atoms with Gasteiger partial charge in [-0.2, -0.15) is 26.3 Å². The van der Waals surface area contributed by atoms with Gasteiger partial charge in [0.15, 0.2) is 0 Å². The standard InChI is InChI=1S/C7H4F6O3/c1-5(8,9)7(12,13)6(10,11)2-3(14)16-4(2)15/h2H,1H3. The molecule has 0 atom stereocenters. The van der Waals surface area contributed by atoms with Crippen LogP contribution in [-0.2, 0) is 14.3 Å². The number of hydrogen-bond donors (Lipinski definition) is 0. The van der Waals surface area contributed by atoms with Gasteiger partial charge in [0.1, 0.15) is 0 Å². The molecule has 16 heavy (non-hydrogen) atoms. The predicted octanol–water partition coefficient (Wildman–Crippen LogP) is 1.61. The number of rotatable bonds is 3. The zero-order valence-corrected chi connectivity index (χ0v) is 7.57. The smallest absolute Gasteiger partial charge is 0.373 e. The molecule has 9 heteroatoms. The lowest BCUT2D eigenvalue weighted by Crippen LogP contribution is -2.63. The van der Waals surface area contributed by atoms with E-state index in [1.165, 1.54) is 0 Å². The topological polar surface area (TPSA) is 43.4 Å². The summed E-state index contributed by atoms with van der Waals surface area (Å²) < 4.78 is 79.1. The number of alkyl halides is 6. The van der Waals surface area contributed by atoms with Gasteiger partial charge in [-0.3, -0.25) is 9.59 Å². The third kappa shape index (κ3) is 1.45. The maximum Gasteiger partial charge on any atom is 0.373 e. The minimum atomic E-state index is -5.82. The van der Waals surface area contributed by atoms with E-state index in [1.54, 1.807) is 0 Å². The Morgan fingerprint density at radius 1 is 1.00 bits per heavy atom. The van der Waals surface area contributed by atoms with E-state index in [0.29, 0.717) is 0 Å². The third-order valence-electron chi connectivity index (χ3n) is 2.01. The van der Waals surface area contributed by atoms with Gasteiger partial charge in [0.25, 0.3) is 0 Å². The fraction of sp³-hybridized carbons (Fsp3) is 0.714. The highest BCUT2D eigenvalue weighted by Crippen LogP contribution is 2.51. The molecule has 0 spiro atoms. The zero-order valence-electron chi connectivity index (χ0n) is 7.57. The Kier molecular flexibility index (Phi) is 2.49. The molecule has 1 fully saturated rings. The van der Waals surface area contributed by atoms with E-state index in [1.807, 2.05) is 0 Å². The molecule has 92 valence electrons. The van der Waals surface area contributed by atoms with Gasteiger partial charge in [0.2, 0.25) is 5.92 Å². The maximum absolute atomic E-state index is 12.9. The summed E-state index contributed by atoms with van der Waals surface area (Å²) in [7, 11) is 0. The SMILES string of the molecule is CC(F)(F)C(F)(F)C(F)(F)C1C(=O)OC1=O. The van der Waals surface area contributed by atoms with E-state index in [4.69, 9.17) is 0 Å². The highest BCUT2D eigenvalue weighted by atomic mass is 19.3. The molecule has 0 saturated carbocycles. The van der Waals surface area contributed by atoms with Crippen LogP contribution in [0.3, 0.4) is 0 Å². The number of cyclic esters (lactones) is 2. The van der Waals surface area contributed by atoms with E-state index in [0.717, 1.165) is 0 Å². The average Bonchev–Trinajstić information content (AvgIpc) is 1.99. The Bertz CT molecular complexity index is 331. The van der Waals surface area contributed by atoms with Crippen LogP contribution in [0.5, 0.6) is 0 Å². The fourth-order valence-electron chi connectivity index (χ4n) is 1.03. The normalized spacial score (nSPS) is 19.4. The van der Waals surface area contributed by atoms with Gasteiger partial charge in [-0.05, 0) is 0 Å². The van der Waals surface area contributed by atoms with E-state index in [-0.39, 0.29) is 0 Å². The van der Waals surface area contributed by atoms with E-state index < -0.39 is 42.5 Å². The Morgan fingerprint density at radius 2 is 1.38 bits per heavy atom. The van der Waals surface area contributed by atoms with E-state index in [2.05, 4.69) is 4.74 Å². The molecule has 0 radical (unpaired) electrons. The summed E-state index contributed by atoms with van der Waals surface area (Å²) in [4.78, 5) is 20.7. The van der Waals surface area contributed by atoms with Crippen LogP contribution in [0, 0.1) is 5.92 Å². The molecule has 1 rings (SSSR count). The number of carbonyl (C=O) groups excluding carboxylic acids is 2. The van der Waals surface area contributed by atoms with Crippen molar-refractivity contribution in [3.63, 3.8) is 0 Å². The van der Waals surface area contributed by atoms with E-state index in [9.17, 15) is 35.9 Å². The first-order valence-corrected chi connectivity index (χ1v) is 3.82. The first-order chi connectivity index (χ1) is 6.93. The number of esters is 2. The Hall–Kier alpha value is -1.28. The summed E-state index contributed by atoms with van der Waals surface area (Å²) in [5.41, 5.74) is 0. The first kappa shape index (κ1) is 12.8. The van der Waals surface area contributed by atoms with Crippen LogP contribution < -0.4 is 0 Å². The van der Waals surface area contributed by atoms with Gasteiger partial charge < -0.3 is 4.74 Å². The molecule has 3 nitrogen and oxygen atoms in total. The second-order valence-electron chi connectivity index (χ2n) is 3.26. The minimum absolute atomic E-state index is 0.435. The zero-order chi connectivity index (χ0) is 12.9. The van der Waals surface area contributed by atoms with Gasteiger partial charge in [-0.1, -0.05) is 0 Å². The van der Waals surface area contributed by atoms with Crippen molar-refractivity contribution in [1.82, 2.24) is 0 Å². The van der Waals surface area contributed by atoms with Crippen molar-refractivity contribution in [2.24, 2.45) is 5.92 Å². The molecule has 1 aliphatic rings. The van der Waals surface area contributed by atoms with Gasteiger partial charge in [0.05, 0.1) is 0 Å². The second kappa shape index (κ2) is 3.11. The van der Waals surface area contributed by atoms with Crippen LogP contribution in [0.1, 0.15) is 6.92 Å². The predicted molar refractivity (Wildman–Crippen MR) is 35.1 cm³/mol. The monoisotopic (exact) mass is 250 g/mol. The molecule has 1 aliphatic heterocycles. The van der Waals surface area contributed by atoms with Gasteiger partial charge in [-0.15, -0.1) is 0 Å². The highest BCUT2D eigenvalue weighted by molar-refractivity contribution is 6.10. The van der Waals surface area contributed by atoms with Crippen LogP contribution >= 0.6 is 0 Å². The molecule has 1 saturated heterocycles. The molecular weight excluding hydrogens is 246 g/mol. The molecule has 0 bridgehead atoms. The molecule has 0 aromatic carbocycles. The summed E-state index contributed by atoms with van der Waals surface area (Å²) in [6.45, 7) is -0.435.